The molecular formula is C25H26F2N6O4S2. The number of halogens is 2. The van der Waals surface area contributed by atoms with Gasteiger partial charge in [0.15, 0.2) is 11.6 Å². The average molecular weight is 577 g/mol. The molecule has 39 heavy (non-hydrogen) atoms. The number of ether oxygens (including phenoxy) is 1. The fraction of sp³-hybridized carbons (Fsp3) is 0.280. The summed E-state index contributed by atoms with van der Waals surface area (Å²) in [5.74, 6) is -2.14. The van der Waals surface area contributed by atoms with Crippen molar-refractivity contribution in [2.45, 2.75) is 31.9 Å². The summed E-state index contributed by atoms with van der Waals surface area (Å²) in [6.07, 6.45) is 1.65. The van der Waals surface area contributed by atoms with Crippen LogP contribution >= 0.6 is 11.5 Å². The number of methoxy groups -OCH3 is 1. The van der Waals surface area contributed by atoms with E-state index in [9.17, 15) is 17.6 Å². The maximum atomic E-state index is 15.4. The molecule has 0 saturated heterocycles. The van der Waals surface area contributed by atoms with Crippen LogP contribution in [-0.4, -0.2) is 47.6 Å². The van der Waals surface area contributed by atoms with Crippen molar-refractivity contribution >= 4 is 55.7 Å². The number of sulfonamides is 1. The van der Waals surface area contributed by atoms with Crippen molar-refractivity contribution in [2.24, 2.45) is 0 Å². The highest BCUT2D eigenvalue weighted by atomic mass is 32.2. The molecular weight excluding hydrogens is 550 g/mol. The molecule has 14 heteroatoms. The van der Waals surface area contributed by atoms with Gasteiger partial charge in [0.25, 0.3) is 5.91 Å². The van der Waals surface area contributed by atoms with Crippen LogP contribution in [0, 0.1) is 11.6 Å². The van der Waals surface area contributed by atoms with Gasteiger partial charge in [0.1, 0.15) is 39.5 Å². The molecule has 0 aliphatic heterocycles. The molecule has 0 radical (unpaired) electrons. The Morgan fingerprint density at radius 3 is 2.49 bits per heavy atom. The fourth-order valence-electron chi connectivity index (χ4n) is 3.86. The van der Waals surface area contributed by atoms with E-state index in [0.717, 1.165) is 29.2 Å². The van der Waals surface area contributed by atoms with Gasteiger partial charge in [-0.2, -0.15) is 4.37 Å². The normalized spacial score (nSPS) is 12.2. The van der Waals surface area contributed by atoms with E-state index < -0.39 is 44.2 Å². The van der Waals surface area contributed by atoms with Gasteiger partial charge < -0.3 is 15.4 Å². The topological polar surface area (TPSA) is 135 Å². The molecule has 0 aliphatic rings. The Kier molecular flexibility index (Phi) is 8.55. The monoisotopic (exact) mass is 576 g/mol. The lowest BCUT2D eigenvalue weighted by molar-refractivity contribution is 0.103. The highest BCUT2D eigenvalue weighted by molar-refractivity contribution is 7.93. The molecule has 0 saturated carbocycles. The van der Waals surface area contributed by atoms with Gasteiger partial charge in [0.05, 0.1) is 18.0 Å². The lowest BCUT2D eigenvalue weighted by Gasteiger charge is -2.19. The number of rotatable bonds is 11. The van der Waals surface area contributed by atoms with E-state index in [0.29, 0.717) is 23.6 Å². The van der Waals surface area contributed by atoms with E-state index in [-0.39, 0.29) is 23.2 Å². The standard InChI is InChI=1S/C25H26F2N6O4S2/c1-4-16(12-14-6-8-15(37-3)9-7-14)39(35,36)33-18-11-10-17(26)20(19(18)27)31-25(34)23-21-22(32-38-23)24(28-5-2)30-13-29-21/h6-11,13,16,33H,4-5,12H2,1-3H3,(H,31,34)(H,28,29,30). The van der Waals surface area contributed by atoms with Crippen LogP contribution in [-0.2, 0) is 16.4 Å². The smallest absolute Gasteiger partial charge is 0.269 e. The number of aromatic nitrogens is 3. The lowest BCUT2D eigenvalue weighted by atomic mass is 10.1. The molecule has 2 aromatic carbocycles. The number of hydrogen-bond acceptors (Lipinski definition) is 9. The van der Waals surface area contributed by atoms with E-state index in [1.165, 1.54) is 13.4 Å². The molecule has 4 aromatic rings. The van der Waals surface area contributed by atoms with Crippen LogP contribution in [0.15, 0.2) is 42.7 Å². The Balaban J connectivity index is 1.57. The summed E-state index contributed by atoms with van der Waals surface area (Å²) >= 11 is 0.797. The number of anilines is 3. The van der Waals surface area contributed by atoms with Gasteiger partial charge >= 0.3 is 0 Å². The van der Waals surface area contributed by atoms with Gasteiger partial charge in [-0.3, -0.25) is 9.52 Å². The second-order valence-corrected chi connectivity index (χ2v) is 11.2. The third kappa shape index (κ3) is 6.06. The van der Waals surface area contributed by atoms with Crippen molar-refractivity contribution in [1.29, 1.82) is 0 Å². The van der Waals surface area contributed by atoms with Crippen LogP contribution in [0.1, 0.15) is 35.5 Å². The number of nitrogens with one attached hydrogen (secondary N) is 3. The number of carbonyl (C=O) groups is 1. The van der Waals surface area contributed by atoms with Crippen molar-refractivity contribution in [3.63, 3.8) is 0 Å². The second-order valence-electron chi connectivity index (χ2n) is 8.43. The minimum atomic E-state index is -4.09. The molecule has 0 bridgehead atoms. The van der Waals surface area contributed by atoms with E-state index in [1.54, 1.807) is 31.2 Å². The molecule has 1 atom stereocenters. The van der Waals surface area contributed by atoms with Gasteiger partial charge in [-0.25, -0.2) is 27.2 Å². The van der Waals surface area contributed by atoms with Crippen LogP contribution in [0.3, 0.4) is 0 Å². The number of carbonyl (C=O) groups excluding carboxylic acids is 1. The van der Waals surface area contributed by atoms with Crippen molar-refractivity contribution in [3.8, 4) is 5.75 Å². The Labute approximate surface area is 228 Å². The van der Waals surface area contributed by atoms with Crippen molar-refractivity contribution in [1.82, 2.24) is 14.3 Å². The first-order valence-electron chi connectivity index (χ1n) is 12.0. The van der Waals surface area contributed by atoms with E-state index in [2.05, 4.69) is 29.7 Å². The number of fused-ring (bicyclic) bond motifs is 1. The third-order valence-corrected chi connectivity index (χ3v) is 8.63. The number of nitrogens with zero attached hydrogens (tertiary/aromatic N) is 3. The molecule has 2 heterocycles. The Morgan fingerprint density at radius 2 is 1.82 bits per heavy atom. The zero-order chi connectivity index (χ0) is 28.2. The summed E-state index contributed by atoms with van der Waals surface area (Å²) < 4.78 is 67.8. The van der Waals surface area contributed by atoms with Gasteiger partial charge in [-0.15, -0.1) is 0 Å². The molecule has 1 unspecified atom stereocenters. The summed E-state index contributed by atoms with van der Waals surface area (Å²) in [5, 5.41) is 4.30. The first-order chi connectivity index (χ1) is 18.7. The summed E-state index contributed by atoms with van der Waals surface area (Å²) in [4.78, 5) is 21.1. The van der Waals surface area contributed by atoms with Crippen molar-refractivity contribution < 1.29 is 26.7 Å². The summed E-state index contributed by atoms with van der Waals surface area (Å²) in [6.45, 7) is 4.12. The molecule has 0 fully saturated rings. The summed E-state index contributed by atoms with van der Waals surface area (Å²) in [7, 11) is -2.56. The van der Waals surface area contributed by atoms with Crippen LogP contribution in [0.4, 0.5) is 26.0 Å². The van der Waals surface area contributed by atoms with E-state index in [1.807, 2.05) is 6.92 Å². The Morgan fingerprint density at radius 1 is 1.08 bits per heavy atom. The number of hydrogen-bond donors (Lipinski definition) is 3. The SMILES string of the molecule is CCNc1ncnc2c(C(=O)Nc3c(F)ccc(NS(=O)(=O)C(CC)Cc4ccc(OC)cc4)c3F)snc12. The predicted octanol–water partition coefficient (Wildman–Crippen LogP) is 4.82. The van der Waals surface area contributed by atoms with E-state index in [4.69, 9.17) is 4.74 Å². The largest absolute Gasteiger partial charge is 0.497 e. The zero-order valence-electron chi connectivity index (χ0n) is 21.3. The molecule has 4 rings (SSSR count). The summed E-state index contributed by atoms with van der Waals surface area (Å²) in [5.41, 5.74) is 0.0139. The van der Waals surface area contributed by atoms with Gasteiger partial charge in [0, 0.05) is 6.54 Å². The molecule has 0 spiro atoms. The van der Waals surface area contributed by atoms with Gasteiger partial charge in [-0.1, -0.05) is 19.1 Å². The zero-order valence-corrected chi connectivity index (χ0v) is 22.9. The Hall–Kier alpha value is -3.91. The Bertz CT molecular complexity index is 1600. The highest BCUT2D eigenvalue weighted by Gasteiger charge is 2.28. The van der Waals surface area contributed by atoms with Crippen LogP contribution in [0.2, 0.25) is 0 Å². The van der Waals surface area contributed by atoms with Crippen LogP contribution in [0.5, 0.6) is 5.75 Å². The first-order valence-corrected chi connectivity index (χ1v) is 14.3. The number of benzene rings is 2. The highest BCUT2D eigenvalue weighted by Crippen LogP contribution is 2.30. The molecule has 206 valence electrons. The van der Waals surface area contributed by atoms with E-state index >= 15 is 4.39 Å². The average Bonchev–Trinajstić information content (AvgIpc) is 3.37. The maximum Gasteiger partial charge on any atom is 0.269 e. The quantitative estimate of drug-likeness (QED) is 0.231. The third-order valence-electron chi connectivity index (χ3n) is 5.91. The fourth-order valence-corrected chi connectivity index (χ4v) is 6.07. The molecule has 1 amide bonds. The van der Waals surface area contributed by atoms with Gasteiger partial charge in [-0.05, 0) is 61.1 Å². The predicted molar refractivity (Wildman–Crippen MR) is 147 cm³/mol. The molecule has 3 N–H and O–H groups in total. The molecule has 10 nitrogen and oxygen atoms in total. The van der Waals surface area contributed by atoms with Crippen LogP contribution in [0.25, 0.3) is 11.0 Å². The number of amides is 1. The molecule has 2 aromatic heterocycles. The van der Waals surface area contributed by atoms with Crippen molar-refractivity contribution in [2.75, 3.05) is 29.0 Å². The first kappa shape index (κ1) is 28.1. The maximum absolute atomic E-state index is 15.4. The van der Waals surface area contributed by atoms with Crippen LogP contribution < -0.4 is 20.1 Å². The van der Waals surface area contributed by atoms with Crippen molar-refractivity contribution in [3.05, 3.63) is 64.8 Å². The lowest BCUT2D eigenvalue weighted by Crippen LogP contribution is -2.30. The minimum Gasteiger partial charge on any atom is -0.497 e. The van der Waals surface area contributed by atoms with Gasteiger partial charge in [0.2, 0.25) is 10.0 Å². The second kappa shape index (κ2) is 11.9. The minimum absolute atomic E-state index is 0.0156. The molecule has 0 aliphatic carbocycles. The summed E-state index contributed by atoms with van der Waals surface area (Å²) in [6, 6.07) is 8.77.